The van der Waals surface area contributed by atoms with Crippen molar-refractivity contribution in [2.24, 2.45) is 5.92 Å². The molecular formula is C12H19BrN2. The second-order valence-electron chi connectivity index (χ2n) is 4.51. The van der Waals surface area contributed by atoms with Crippen LogP contribution in [0.3, 0.4) is 0 Å². The van der Waals surface area contributed by atoms with E-state index in [4.69, 9.17) is 0 Å². The van der Waals surface area contributed by atoms with Crippen LogP contribution in [-0.2, 0) is 0 Å². The summed E-state index contributed by atoms with van der Waals surface area (Å²) in [4.78, 5) is 4.27. The summed E-state index contributed by atoms with van der Waals surface area (Å²) >= 11 is 3.40. The Morgan fingerprint density at radius 3 is 2.60 bits per heavy atom. The number of anilines is 1. The van der Waals surface area contributed by atoms with E-state index in [1.807, 2.05) is 6.20 Å². The van der Waals surface area contributed by atoms with Gasteiger partial charge < -0.3 is 5.32 Å². The molecule has 0 aliphatic carbocycles. The first-order chi connectivity index (χ1) is 6.99. The Balaban J connectivity index is 2.60. The van der Waals surface area contributed by atoms with E-state index < -0.39 is 0 Å². The zero-order valence-electron chi connectivity index (χ0n) is 9.84. The highest BCUT2D eigenvalue weighted by Gasteiger charge is 2.05. The molecule has 0 aromatic carbocycles. The van der Waals surface area contributed by atoms with Crippen LogP contribution in [-0.4, -0.2) is 11.0 Å². The largest absolute Gasteiger partial charge is 0.381 e. The number of nitrogens with one attached hydrogen (secondary N) is 1. The third-order valence-electron chi connectivity index (χ3n) is 2.25. The van der Waals surface area contributed by atoms with Crippen LogP contribution in [0.5, 0.6) is 0 Å². The number of aromatic nitrogens is 1. The quantitative estimate of drug-likeness (QED) is 0.837. The highest BCUT2D eigenvalue weighted by Crippen LogP contribution is 2.18. The minimum atomic E-state index is 0.493. The number of aryl methyl sites for hydroxylation is 1. The summed E-state index contributed by atoms with van der Waals surface area (Å²) in [5.74, 6) is 0.719. The first-order valence-corrected chi connectivity index (χ1v) is 6.17. The molecule has 84 valence electrons. The number of hydrogen-bond acceptors (Lipinski definition) is 2. The van der Waals surface area contributed by atoms with Gasteiger partial charge in [-0.25, -0.2) is 4.98 Å². The first kappa shape index (κ1) is 12.5. The summed E-state index contributed by atoms with van der Waals surface area (Å²) in [7, 11) is 0. The summed E-state index contributed by atoms with van der Waals surface area (Å²) in [6.07, 6.45) is 3.04. The van der Waals surface area contributed by atoms with E-state index in [0.29, 0.717) is 6.04 Å². The van der Waals surface area contributed by atoms with Gasteiger partial charge >= 0.3 is 0 Å². The second kappa shape index (κ2) is 5.50. The maximum absolute atomic E-state index is 4.27. The molecule has 0 saturated carbocycles. The highest BCUT2D eigenvalue weighted by molar-refractivity contribution is 9.10. The molecule has 0 saturated heterocycles. The molecule has 1 N–H and O–H groups in total. The van der Waals surface area contributed by atoms with Crippen LogP contribution in [0.15, 0.2) is 16.9 Å². The van der Waals surface area contributed by atoms with Crippen molar-refractivity contribution < 1.29 is 0 Å². The van der Waals surface area contributed by atoms with Crippen molar-refractivity contribution in [3.63, 3.8) is 0 Å². The van der Waals surface area contributed by atoms with Crippen LogP contribution in [0.4, 0.5) is 5.69 Å². The lowest BCUT2D eigenvalue weighted by Crippen LogP contribution is -2.17. The Kier molecular flexibility index (Phi) is 4.58. The second-order valence-corrected chi connectivity index (χ2v) is 5.26. The van der Waals surface area contributed by atoms with Crippen LogP contribution in [0.25, 0.3) is 0 Å². The van der Waals surface area contributed by atoms with Crippen molar-refractivity contribution >= 4 is 21.6 Å². The lowest BCUT2D eigenvalue weighted by atomic mass is 10.1. The van der Waals surface area contributed by atoms with E-state index in [9.17, 15) is 0 Å². The fourth-order valence-corrected chi connectivity index (χ4v) is 1.90. The molecular weight excluding hydrogens is 252 g/mol. The smallest absolute Gasteiger partial charge is 0.109 e. The van der Waals surface area contributed by atoms with Gasteiger partial charge in [-0.05, 0) is 53.7 Å². The van der Waals surface area contributed by atoms with Gasteiger partial charge in [-0.15, -0.1) is 0 Å². The third-order valence-corrected chi connectivity index (χ3v) is 3.08. The van der Waals surface area contributed by atoms with Gasteiger partial charge in [0.1, 0.15) is 4.60 Å². The molecule has 0 aliphatic heterocycles. The molecule has 1 aromatic heterocycles. The van der Waals surface area contributed by atoms with Crippen molar-refractivity contribution in [1.82, 2.24) is 4.98 Å². The molecule has 2 nitrogen and oxygen atoms in total. The van der Waals surface area contributed by atoms with Crippen molar-refractivity contribution in [2.45, 2.75) is 40.2 Å². The molecule has 1 rings (SSSR count). The average molecular weight is 271 g/mol. The van der Waals surface area contributed by atoms with Gasteiger partial charge in [-0.1, -0.05) is 13.8 Å². The van der Waals surface area contributed by atoms with E-state index in [0.717, 1.165) is 21.8 Å². The lowest BCUT2D eigenvalue weighted by Gasteiger charge is -2.17. The number of pyridine rings is 1. The SMILES string of the molecule is Cc1cc(NC(C)CC(C)C)cnc1Br. The number of hydrogen-bond donors (Lipinski definition) is 1. The average Bonchev–Trinajstić information content (AvgIpc) is 2.10. The van der Waals surface area contributed by atoms with Crippen LogP contribution < -0.4 is 5.32 Å². The number of rotatable bonds is 4. The van der Waals surface area contributed by atoms with Crippen LogP contribution in [0.1, 0.15) is 32.8 Å². The zero-order chi connectivity index (χ0) is 11.4. The van der Waals surface area contributed by atoms with E-state index in [2.05, 4.69) is 60.0 Å². The highest BCUT2D eigenvalue weighted by atomic mass is 79.9. The first-order valence-electron chi connectivity index (χ1n) is 5.37. The molecule has 0 radical (unpaired) electrons. The normalized spacial score (nSPS) is 12.9. The van der Waals surface area contributed by atoms with Crippen LogP contribution >= 0.6 is 15.9 Å². The summed E-state index contributed by atoms with van der Waals surface area (Å²) in [5, 5.41) is 3.46. The van der Waals surface area contributed by atoms with Gasteiger partial charge in [0, 0.05) is 6.04 Å². The van der Waals surface area contributed by atoms with Crippen molar-refractivity contribution in [1.29, 1.82) is 0 Å². The minimum Gasteiger partial charge on any atom is -0.381 e. The monoisotopic (exact) mass is 270 g/mol. The van der Waals surface area contributed by atoms with Crippen LogP contribution in [0, 0.1) is 12.8 Å². The topological polar surface area (TPSA) is 24.9 Å². The van der Waals surface area contributed by atoms with Gasteiger partial charge in [0.25, 0.3) is 0 Å². The molecule has 0 bridgehead atoms. The molecule has 1 heterocycles. The van der Waals surface area contributed by atoms with Gasteiger partial charge in [0.2, 0.25) is 0 Å². The van der Waals surface area contributed by atoms with Crippen LogP contribution in [0.2, 0.25) is 0 Å². The molecule has 0 amide bonds. The van der Waals surface area contributed by atoms with Gasteiger partial charge in [0.05, 0.1) is 11.9 Å². The summed E-state index contributed by atoms with van der Waals surface area (Å²) < 4.78 is 0.921. The molecule has 0 spiro atoms. The molecule has 15 heavy (non-hydrogen) atoms. The van der Waals surface area contributed by atoms with Crippen molar-refractivity contribution in [3.8, 4) is 0 Å². The Labute approximate surface area is 101 Å². The fourth-order valence-electron chi connectivity index (χ4n) is 1.69. The van der Waals surface area contributed by atoms with Crippen molar-refractivity contribution in [2.75, 3.05) is 5.32 Å². The van der Waals surface area contributed by atoms with Gasteiger partial charge in [0.15, 0.2) is 0 Å². The zero-order valence-corrected chi connectivity index (χ0v) is 11.4. The van der Waals surface area contributed by atoms with Gasteiger partial charge in [-0.2, -0.15) is 0 Å². The maximum Gasteiger partial charge on any atom is 0.109 e. The molecule has 0 fully saturated rings. The lowest BCUT2D eigenvalue weighted by molar-refractivity contribution is 0.539. The molecule has 1 unspecified atom stereocenters. The standard InChI is InChI=1S/C12H19BrN2/c1-8(2)5-10(4)15-11-6-9(3)12(13)14-7-11/h6-8,10,15H,5H2,1-4H3. The fraction of sp³-hybridized carbons (Fsp3) is 0.583. The Morgan fingerprint density at radius 2 is 2.07 bits per heavy atom. The number of nitrogens with zero attached hydrogens (tertiary/aromatic N) is 1. The van der Waals surface area contributed by atoms with E-state index in [1.165, 1.54) is 6.42 Å². The van der Waals surface area contributed by atoms with Gasteiger partial charge in [-0.3, -0.25) is 0 Å². The molecule has 3 heteroatoms. The Morgan fingerprint density at radius 1 is 1.40 bits per heavy atom. The summed E-state index contributed by atoms with van der Waals surface area (Å²) in [6.45, 7) is 8.74. The number of halogens is 1. The Bertz CT molecular complexity index is 323. The van der Waals surface area contributed by atoms with E-state index in [1.54, 1.807) is 0 Å². The van der Waals surface area contributed by atoms with Crippen molar-refractivity contribution in [3.05, 3.63) is 22.4 Å². The summed E-state index contributed by atoms with van der Waals surface area (Å²) in [5.41, 5.74) is 2.26. The van der Waals surface area contributed by atoms with E-state index in [-0.39, 0.29) is 0 Å². The maximum atomic E-state index is 4.27. The summed E-state index contributed by atoms with van der Waals surface area (Å²) in [6, 6.07) is 2.61. The predicted octanol–water partition coefficient (Wildman–Crippen LogP) is 4.00. The van der Waals surface area contributed by atoms with E-state index >= 15 is 0 Å². The molecule has 1 atom stereocenters. The molecule has 1 aromatic rings. The minimum absolute atomic E-state index is 0.493. The predicted molar refractivity (Wildman–Crippen MR) is 69.2 cm³/mol. The Hall–Kier alpha value is -0.570. The molecule has 0 aliphatic rings. The third kappa shape index (κ3) is 4.20.